The zero-order chi connectivity index (χ0) is 24.4. The van der Waals surface area contributed by atoms with Crippen LogP contribution in [0.3, 0.4) is 0 Å². The van der Waals surface area contributed by atoms with Gasteiger partial charge >= 0.3 is 0 Å². The Morgan fingerprint density at radius 3 is 2.23 bits per heavy atom. The monoisotopic (exact) mass is 504 g/mol. The van der Waals surface area contributed by atoms with Gasteiger partial charge in [0.1, 0.15) is 5.01 Å². The number of benzene rings is 3. The fourth-order valence-electron chi connectivity index (χ4n) is 4.41. The third kappa shape index (κ3) is 4.82. The number of nitrogens with one attached hydrogen (secondary N) is 1. The van der Waals surface area contributed by atoms with Crippen molar-refractivity contribution in [2.75, 3.05) is 16.2 Å². The molecule has 1 aliphatic rings. The molecule has 0 fully saturated rings. The Morgan fingerprint density at radius 1 is 0.971 bits per heavy atom. The molecule has 0 aliphatic carbocycles. The standard InChI is InChI=1S/C26H24N4O3S2/c1-18-27-28-26(34-18)29-35(32,33)22-14-15-23-21(17-22)13-8-16-30(23)25(31)24(19-9-4-2-5-10-19)20-11-6-3-7-12-20/h2-7,9-12,14-15,17,24H,8,13,16H2,1H3,(H,28,29). The van der Waals surface area contributed by atoms with Gasteiger partial charge < -0.3 is 4.90 Å². The van der Waals surface area contributed by atoms with Crippen molar-refractivity contribution in [3.8, 4) is 0 Å². The van der Waals surface area contributed by atoms with Gasteiger partial charge in [-0.2, -0.15) is 0 Å². The first-order valence-electron chi connectivity index (χ1n) is 11.3. The van der Waals surface area contributed by atoms with Gasteiger partial charge in [0.05, 0.1) is 10.8 Å². The van der Waals surface area contributed by atoms with E-state index in [0.29, 0.717) is 18.0 Å². The van der Waals surface area contributed by atoms with Crippen LogP contribution in [0.1, 0.15) is 34.0 Å². The molecule has 4 aromatic rings. The maximum absolute atomic E-state index is 14.0. The van der Waals surface area contributed by atoms with Crippen molar-refractivity contribution >= 4 is 38.1 Å². The molecule has 9 heteroatoms. The third-order valence-electron chi connectivity index (χ3n) is 6.01. The Kier molecular flexibility index (Phi) is 6.36. The molecule has 0 saturated heterocycles. The second kappa shape index (κ2) is 9.59. The van der Waals surface area contributed by atoms with Crippen LogP contribution in [-0.2, 0) is 21.2 Å². The van der Waals surface area contributed by atoms with E-state index in [4.69, 9.17) is 0 Å². The Hall–Kier alpha value is -3.56. The summed E-state index contributed by atoms with van der Waals surface area (Å²) < 4.78 is 28.4. The van der Waals surface area contributed by atoms with Crippen LogP contribution in [0.25, 0.3) is 0 Å². The average molecular weight is 505 g/mol. The highest BCUT2D eigenvalue weighted by molar-refractivity contribution is 7.93. The number of hydrogen-bond donors (Lipinski definition) is 1. The highest BCUT2D eigenvalue weighted by atomic mass is 32.2. The molecule has 0 radical (unpaired) electrons. The molecule has 0 bridgehead atoms. The van der Waals surface area contributed by atoms with Gasteiger partial charge in [-0.3, -0.25) is 9.52 Å². The topological polar surface area (TPSA) is 92.3 Å². The minimum atomic E-state index is -3.82. The van der Waals surface area contributed by atoms with Crippen molar-refractivity contribution in [2.24, 2.45) is 0 Å². The number of nitrogens with zero attached hydrogens (tertiary/aromatic N) is 3. The molecule has 0 saturated carbocycles. The molecule has 0 atom stereocenters. The maximum atomic E-state index is 14.0. The number of aryl methyl sites for hydroxylation is 2. The molecule has 3 aromatic carbocycles. The van der Waals surface area contributed by atoms with E-state index < -0.39 is 15.9 Å². The first-order chi connectivity index (χ1) is 16.9. The molecule has 7 nitrogen and oxygen atoms in total. The lowest BCUT2D eigenvalue weighted by molar-refractivity contribution is -0.119. The van der Waals surface area contributed by atoms with E-state index in [-0.39, 0.29) is 15.9 Å². The van der Waals surface area contributed by atoms with Crippen molar-refractivity contribution in [3.05, 3.63) is 101 Å². The molecule has 178 valence electrons. The fraction of sp³-hybridized carbons (Fsp3) is 0.192. The zero-order valence-electron chi connectivity index (χ0n) is 19.1. The van der Waals surface area contributed by atoms with Crippen LogP contribution in [0.5, 0.6) is 0 Å². The van der Waals surface area contributed by atoms with Gasteiger partial charge in [-0.05, 0) is 54.7 Å². The van der Waals surface area contributed by atoms with Crippen LogP contribution in [-0.4, -0.2) is 31.1 Å². The summed E-state index contributed by atoms with van der Waals surface area (Å²) in [5.41, 5.74) is 3.43. The Labute approximate surface area is 208 Å². The largest absolute Gasteiger partial charge is 0.311 e. The van der Waals surface area contributed by atoms with Gasteiger partial charge in [0.2, 0.25) is 11.0 Å². The molecular formula is C26H24N4O3S2. The van der Waals surface area contributed by atoms with Crippen molar-refractivity contribution in [3.63, 3.8) is 0 Å². The summed E-state index contributed by atoms with van der Waals surface area (Å²) in [6.45, 7) is 2.34. The van der Waals surface area contributed by atoms with Gasteiger partial charge in [0.15, 0.2) is 0 Å². The summed E-state index contributed by atoms with van der Waals surface area (Å²) in [7, 11) is -3.82. The van der Waals surface area contributed by atoms with Gasteiger partial charge in [0.25, 0.3) is 10.0 Å². The van der Waals surface area contributed by atoms with E-state index in [9.17, 15) is 13.2 Å². The average Bonchev–Trinajstić information content (AvgIpc) is 3.28. The van der Waals surface area contributed by atoms with Gasteiger partial charge in [-0.25, -0.2) is 8.42 Å². The smallest absolute Gasteiger partial charge is 0.263 e. The Morgan fingerprint density at radius 2 is 1.63 bits per heavy atom. The van der Waals surface area contributed by atoms with E-state index in [0.717, 1.165) is 28.8 Å². The summed E-state index contributed by atoms with van der Waals surface area (Å²) in [5.74, 6) is -0.476. The molecule has 2 heterocycles. The molecule has 1 N–H and O–H groups in total. The second-order valence-electron chi connectivity index (χ2n) is 8.37. The first-order valence-corrected chi connectivity index (χ1v) is 13.6. The van der Waals surface area contributed by atoms with E-state index in [1.54, 1.807) is 30.0 Å². The van der Waals surface area contributed by atoms with E-state index in [1.165, 1.54) is 11.3 Å². The number of rotatable bonds is 6. The van der Waals surface area contributed by atoms with Gasteiger partial charge in [-0.1, -0.05) is 72.0 Å². The molecule has 35 heavy (non-hydrogen) atoms. The second-order valence-corrected chi connectivity index (χ2v) is 11.2. The predicted molar refractivity (Wildman–Crippen MR) is 137 cm³/mol. The van der Waals surface area contributed by atoms with E-state index in [2.05, 4.69) is 14.9 Å². The Bertz CT molecular complexity index is 1410. The predicted octanol–water partition coefficient (Wildman–Crippen LogP) is 4.76. The summed E-state index contributed by atoms with van der Waals surface area (Å²) in [4.78, 5) is 15.9. The number of sulfonamides is 1. The first kappa shape index (κ1) is 23.2. The minimum absolute atomic E-state index is 0.0265. The van der Waals surface area contributed by atoms with Crippen LogP contribution in [0, 0.1) is 6.92 Å². The number of carbonyl (C=O) groups is 1. The summed E-state index contributed by atoms with van der Waals surface area (Å²) in [6.07, 6.45) is 1.45. The maximum Gasteiger partial charge on any atom is 0.263 e. The summed E-state index contributed by atoms with van der Waals surface area (Å²) >= 11 is 1.18. The molecule has 1 aliphatic heterocycles. The van der Waals surface area contributed by atoms with Crippen molar-refractivity contribution in [1.29, 1.82) is 0 Å². The quantitative estimate of drug-likeness (QED) is 0.409. The molecule has 0 spiro atoms. The van der Waals surface area contributed by atoms with E-state index in [1.807, 2.05) is 60.7 Å². The SMILES string of the molecule is Cc1nnc(NS(=O)(=O)c2ccc3c(c2)CCCN3C(=O)C(c2ccccc2)c2ccccc2)s1. The molecule has 0 unspecified atom stereocenters. The molecule has 1 amide bonds. The summed E-state index contributed by atoms with van der Waals surface area (Å²) in [6, 6.07) is 24.4. The highest BCUT2D eigenvalue weighted by Crippen LogP contribution is 2.35. The van der Waals surface area contributed by atoms with Crippen LogP contribution >= 0.6 is 11.3 Å². The minimum Gasteiger partial charge on any atom is -0.311 e. The third-order valence-corrected chi connectivity index (χ3v) is 8.23. The molecular weight excluding hydrogens is 480 g/mol. The van der Waals surface area contributed by atoms with Crippen molar-refractivity contribution in [1.82, 2.24) is 10.2 Å². The number of hydrogen-bond acceptors (Lipinski definition) is 6. The van der Waals surface area contributed by atoms with Crippen LogP contribution < -0.4 is 9.62 Å². The molecule has 5 rings (SSSR count). The van der Waals surface area contributed by atoms with Gasteiger partial charge in [0, 0.05) is 12.2 Å². The number of anilines is 2. The lowest BCUT2D eigenvalue weighted by Gasteiger charge is -2.33. The Balaban J connectivity index is 1.48. The van der Waals surface area contributed by atoms with E-state index >= 15 is 0 Å². The van der Waals surface area contributed by atoms with Crippen LogP contribution in [0.15, 0.2) is 83.8 Å². The van der Waals surface area contributed by atoms with Crippen LogP contribution in [0.4, 0.5) is 10.8 Å². The van der Waals surface area contributed by atoms with Gasteiger partial charge in [-0.15, -0.1) is 10.2 Å². The lowest BCUT2D eigenvalue weighted by Crippen LogP contribution is -2.39. The summed E-state index contributed by atoms with van der Waals surface area (Å²) in [5, 5.41) is 8.61. The highest BCUT2D eigenvalue weighted by Gasteiger charge is 2.31. The fourth-order valence-corrected chi connectivity index (χ4v) is 6.28. The number of amides is 1. The number of carbonyl (C=O) groups excluding carboxylic acids is 1. The number of aromatic nitrogens is 2. The number of fused-ring (bicyclic) bond motifs is 1. The normalized spacial score (nSPS) is 13.5. The van der Waals surface area contributed by atoms with Crippen molar-refractivity contribution < 1.29 is 13.2 Å². The van der Waals surface area contributed by atoms with Crippen LogP contribution in [0.2, 0.25) is 0 Å². The van der Waals surface area contributed by atoms with Crippen molar-refractivity contribution in [2.45, 2.75) is 30.6 Å². The lowest BCUT2D eigenvalue weighted by atomic mass is 9.89. The zero-order valence-corrected chi connectivity index (χ0v) is 20.7. The molecule has 1 aromatic heterocycles.